The topological polar surface area (TPSA) is 53.1 Å². The highest BCUT2D eigenvalue weighted by Gasteiger charge is 2.43. The lowest BCUT2D eigenvalue weighted by Gasteiger charge is -2.24. The third-order valence-electron chi connectivity index (χ3n) is 3.22. The normalized spacial score (nSPS) is 18.5. The monoisotopic (exact) mass is 211 g/mol. The lowest BCUT2D eigenvalue weighted by molar-refractivity contribution is 0.253. The van der Waals surface area contributed by atoms with Crippen LogP contribution in [0.5, 0.6) is 0 Å². The van der Waals surface area contributed by atoms with Crippen LogP contribution in [0.1, 0.15) is 39.5 Å². The predicted octanol–water partition coefficient (Wildman–Crippen LogP) is 2.07. The second-order valence-electron chi connectivity index (χ2n) is 5.62. The maximum absolute atomic E-state index is 7.36. The molecule has 1 aliphatic carbocycles. The van der Waals surface area contributed by atoms with Gasteiger partial charge < -0.3 is 10.6 Å². The maximum Gasteiger partial charge on any atom is 0.0911 e. The van der Waals surface area contributed by atoms with Crippen LogP contribution in [0, 0.1) is 16.7 Å². The van der Waals surface area contributed by atoms with Gasteiger partial charge in [0.05, 0.1) is 5.84 Å². The van der Waals surface area contributed by atoms with Crippen molar-refractivity contribution in [2.45, 2.75) is 39.5 Å². The lowest BCUT2D eigenvalue weighted by atomic mass is 10.0. The first kappa shape index (κ1) is 12.5. The molecule has 0 aromatic heterocycles. The molecule has 0 amide bonds. The van der Waals surface area contributed by atoms with Crippen molar-refractivity contribution in [1.82, 2.24) is 4.90 Å². The van der Waals surface area contributed by atoms with E-state index in [0.29, 0.717) is 11.3 Å². The summed E-state index contributed by atoms with van der Waals surface area (Å²) in [6.45, 7) is 6.79. The van der Waals surface area contributed by atoms with E-state index in [4.69, 9.17) is 11.1 Å². The number of nitrogens with zero attached hydrogens (tertiary/aromatic N) is 1. The summed E-state index contributed by atoms with van der Waals surface area (Å²) in [5, 5.41) is 7.36. The molecule has 15 heavy (non-hydrogen) atoms. The Morgan fingerprint density at radius 3 is 2.47 bits per heavy atom. The Morgan fingerprint density at radius 2 is 2.07 bits per heavy atom. The summed E-state index contributed by atoms with van der Waals surface area (Å²) in [4.78, 5) is 2.40. The largest absolute Gasteiger partial charge is 0.388 e. The first-order valence-corrected chi connectivity index (χ1v) is 5.95. The zero-order chi connectivity index (χ0) is 11.5. The van der Waals surface area contributed by atoms with Gasteiger partial charge in [0.1, 0.15) is 0 Å². The average molecular weight is 211 g/mol. The first-order valence-electron chi connectivity index (χ1n) is 5.95. The second kappa shape index (κ2) is 4.97. The van der Waals surface area contributed by atoms with Crippen molar-refractivity contribution in [3.63, 3.8) is 0 Å². The zero-order valence-electron chi connectivity index (χ0n) is 10.3. The van der Waals surface area contributed by atoms with Crippen molar-refractivity contribution >= 4 is 5.84 Å². The van der Waals surface area contributed by atoms with Gasteiger partial charge in [0.25, 0.3) is 0 Å². The van der Waals surface area contributed by atoms with E-state index in [1.54, 1.807) is 0 Å². The summed E-state index contributed by atoms with van der Waals surface area (Å²) in [5.74, 6) is 1.13. The van der Waals surface area contributed by atoms with Gasteiger partial charge in [-0.1, -0.05) is 13.8 Å². The minimum Gasteiger partial charge on any atom is -0.388 e. The van der Waals surface area contributed by atoms with Crippen molar-refractivity contribution in [1.29, 1.82) is 5.41 Å². The molecule has 3 heteroatoms. The molecule has 1 rings (SSSR count). The Balaban J connectivity index is 2.25. The van der Waals surface area contributed by atoms with Gasteiger partial charge in [0, 0.05) is 13.0 Å². The van der Waals surface area contributed by atoms with Crippen LogP contribution < -0.4 is 5.73 Å². The molecule has 0 unspecified atom stereocenters. The van der Waals surface area contributed by atoms with Gasteiger partial charge in [-0.15, -0.1) is 0 Å². The summed E-state index contributed by atoms with van der Waals surface area (Å²) < 4.78 is 0. The standard InChI is InChI=1S/C12H25N3/c1-10(2)4-7-15(3)9-12(5-6-12)8-11(13)14/h10H,4-9H2,1-3H3,(H3,13,14). The van der Waals surface area contributed by atoms with Crippen molar-refractivity contribution < 1.29 is 0 Å². The summed E-state index contributed by atoms with van der Waals surface area (Å²) in [7, 11) is 2.18. The molecule has 1 saturated carbocycles. The number of rotatable bonds is 7. The van der Waals surface area contributed by atoms with Crippen LogP contribution in [0.3, 0.4) is 0 Å². The lowest BCUT2D eigenvalue weighted by Crippen LogP contribution is -2.31. The average Bonchev–Trinajstić information content (AvgIpc) is 2.80. The Bertz CT molecular complexity index is 219. The van der Waals surface area contributed by atoms with Crippen LogP contribution in [-0.4, -0.2) is 30.9 Å². The molecule has 0 heterocycles. The Kier molecular flexibility index (Phi) is 4.14. The third-order valence-corrected chi connectivity index (χ3v) is 3.22. The SMILES string of the molecule is CC(C)CCN(C)CC1(CC(=N)N)CC1. The molecule has 3 nitrogen and oxygen atoms in total. The molecule has 0 saturated heterocycles. The molecule has 3 N–H and O–H groups in total. The molecule has 1 fully saturated rings. The van der Waals surface area contributed by atoms with Crippen molar-refractivity contribution in [2.75, 3.05) is 20.1 Å². The maximum atomic E-state index is 7.36. The minimum atomic E-state index is 0.352. The molecule has 0 atom stereocenters. The summed E-state index contributed by atoms with van der Waals surface area (Å²) in [5.41, 5.74) is 5.84. The second-order valence-corrected chi connectivity index (χ2v) is 5.62. The van der Waals surface area contributed by atoms with E-state index in [0.717, 1.165) is 25.4 Å². The van der Waals surface area contributed by atoms with E-state index < -0.39 is 0 Å². The molecule has 0 radical (unpaired) electrons. The highest BCUT2D eigenvalue weighted by atomic mass is 15.1. The smallest absolute Gasteiger partial charge is 0.0911 e. The Morgan fingerprint density at radius 1 is 1.47 bits per heavy atom. The molecule has 0 bridgehead atoms. The highest BCUT2D eigenvalue weighted by Crippen LogP contribution is 2.49. The van der Waals surface area contributed by atoms with Gasteiger partial charge in [0.15, 0.2) is 0 Å². The third kappa shape index (κ3) is 4.65. The number of nitrogens with one attached hydrogen (secondary N) is 1. The molecule has 0 aromatic rings. The number of nitrogens with two attached hydrogens (primary N) is 1. The van der Waals surface area contributed by atoms with Gasteiger partial charge in [0.2, 0.25) is 0 Å². The summed E-state index contributed by atoms with van der Waals surface area (Å²) in [6, 6.07) is 0. The van der Waals surface area contributed by atoms with Gasteiger partial charge in [-0.2, -0.15) is 0 Å². The number of amidine groups is 1. The summed E-state index contributed by atoms with van der Waals surface area (Å²) in [6.07, 6.45) is 4.54. The van der Waals surface area contributed by atoms with Gasteiger partial charge in [-0.3, -0.25) is 5.41 Å². The first-order chi connectivity index (χ1) is 6.93. The molecule has 1 aliphatic rings. The van der Waals surface area contributed by atoms with Crippen LogP contribution in [0.4, 0.5) is 0 Å². The fraction of sp³-hybridized carbons (Fsp3) is 0.917. The molecular weight excluding hydrogens is 186 g/mol. The number of hydrogen-bond donors (Lipinski definition) is 2. The van der Waals surface area contributed by atoms with Gasteiger partial charge in [-0.05, 0) is 44.2 Å². The summed E-state index contributed by atoms with van der Waals surface area (Å²) >= 11 is 0. The minimum absolute atomic E-state index is 0.352. The van der Waals surface area contributed by atoms with Crippen LogP contribution in [0.25, 0.3) is 0 Å². The molecule has 0 aromatic carbocycles. The van der Waals surface area contributed by atoms with Crippen LogP contribution >= 0.6 is 0 Å². The highest BCUT2D eigenvalue weighted by molar-refractivity contribution is 5.78. The predicted molar refractivity (Wildman–Crippen MR) is 65.2 cm³/mol. The van der Waals surface area contributed by atoms with Crippen LogP contribution in [-0.2, 0) is 0 Å². The van der Waals surface area contributed by atoms with Crippen LogP contribution in [0.15, 0.2) is 0 Å². The van der Waals surface area contributed by atoms with E-state index in [1.165, 1.54) is 19.3 Å². The van der Waals surface area contributed by atoms with E-state index in [9.17, 15) is 0 Å². The molecule has 0 aliphatic heterocycles. The van der Waals surface area contributed by atoms with E-state index in [-0.39, 0.29) is 0 Å². The van der Waals surface area contributed by atoms with E-state index in [2.05, 4.69) is 25.8 Å². The molecule has 88 valence electrons. The fourth-order valence-corrected chi connectivity index (χ4v) is 2.10. The number of hydrogen-bond acceptors (Lipinski definition) is 2. The zero-order valence-corrected chi connectivity index (χ0v) is 10.3. The van der Waals surface area contributed by atoms with Crippen LogP contribution in [0.2, 0.25) is 0 Å². The van der Waals surface area contributed by atoms with Gasteiger partial charge in [-0.25, -0.2) is 0 Å². The Hall–Kier alpha value is -0.570. The van der Waals surface area contributed by atoms with Crippen molar-refractivity contribution in [3.8, 4) is 0 Å². The van der Waals surface area contributed by atoms with Crippen molar-refractivity contribution in [2.24, 2.45) is 17.1 Å². The quantitative estimate of drug-likeness (QED) is 0.500. The fourth-order valence-electron chi connectivity index (χ4n) is 2.10. The molecular formula is C12H25N3. The van der Waals surface area contributed by atoms with E-state index in [1.807, 2.05) is 0 Å². The Labute approximate surface area is 93.5 Å². The van der Waals surface area contributed by atoms with Gasteiger partial charge >= 0.3 is 0 Å². The molecule has 0 spiro atoms. The van der Waals surface area contributed by atoms with E-state index >= 15 is 0 Å². The van der Waals surface area contributed by atoms with Crippen molar-refractivity contribution in [3.05, 3.63) is 0 Å².